The van der Waals surface area contributed by atoms with Crippen LogP contribution in [0.15, 0.2) is 48.5 Å². The van der Waals surface area contributed by atoms with Gasteiger partial charge in [0, 0.05) is 0 Å². The molecule has 5 nitrogen and oxygen atoms in total. The summed E-state index contributed by atoms with van der Waals surface area (Å²) in [5.74, 6) is -1.96. The van der Waals surface area contributed by atoms with Crippen LogP contribution in [0, 0.1) is 0 Å². The standard InChI is InChI=1S/C18H22O5Si2/c1-24(2,15-11-7-5-9-13(15)17(19)20)23-25(3,4)16-12-8-6-10-14(16)18(21)22/h5-12H,1-4H3,(H,19,20)(H,21,22). The molecule has 0 radical (unpaired) electrons. The molecule has 0 spiro atoms. The van der Waals surface area contributed by atoms with Crippen LogP contribution in [0.4, 0.5) is 0 Å². The minimum Gasteiger partial charge on any atom is -0.478 e. The summed E-state index contributed by atoms with van der Waals surface area (Å²) in [6.45, 7) is 7.81. The van der Waals surface area contributed by atoms with E-state index < -0.39 is 28.6 Å². The molecule has 2 N–H and O–H groups in total. The van der Waals surface area contributed by atoms with E-state index in [1.54, 1.807) is 48.5 Å². The molecule has 25 heavy (non-hydrogen) atoms. The van der Waals surface area contributed by atoms with Gasteiger partial charge in [0.25, 0.3) is 0 Å². The van der Waals surface area contributed by atoms with E-state index in [-0.39, 0.29) is 11.1 Å². The quantitative estimate of drug-likeness (QED) is 0.760. The van der Waals surface area contributed by atoms with Crippen molar-refractivity contribution in [3.05, 3.63) is 59.7 Å². The molecule has 7 heteroatoms. The maximum atomic E-state index is 11.5. The second-order valence-electron chi connectivity index (χ2n) is 6.82. The Morgan fingerprint density at radius 1 is 0.720 bits per heavy atom. The van der Waals surface area contributed by atoms with Gasteiger partial charge in [0.05, 0.1) is 11.1 Å². The fourth-order valence-corrected chi connectivity index (χ4v) is 11.8. The van der Waals surface area contributed by atoms with Gasteiger partial charge in [-0.25, -0.2) is 9.59 Å². The van der Waals surface area contributed by atoms with Crippen LogP contribution in [0.3, 0.4) is 0 Å². The molecule has 0 aliphatic carbocycles. The van der Waals surface area contributed by atoms with Crippen molar-refractivity contribution in [1.29, 1.82) is 0 Å². The van der Waals surface area contributed by atoms with E-state index in [1.165, 1.54) is 0 Å². The van der Waals surface area contributed by atoms with Crippen molar-refractivity contribution in [3.63, 3.8) is 0 Å². The number of carboxylic acid groups (broad SMARTS) is 2. The van der Waals surface area contributed by atoms with Crippen LogP contribution in [-0.2, 0) is 4.12 Å². The van der Waals surface area contributed by atoms with E-state index in [0.717, 1.165) is 0 Å². The molecule has 132 valence electrons. The normalized spacial score (nSPS) is 12.0. The summed E-state index contributed by atoms with van der Waals surface area (Å²) in [7, 11) is -5.15. The zero-order valence-electron chi connectivity index (χ0n) is 14.7. The third-order valence-electron chi connectivity index (χ3n) is 4.12. The van der Waals surface area contributed by atoms with Crippen molar-refractivity contribution in [2.45, 2.75) is 26.2 Å². The molecule has 0 aliphatic rings. The van der Waals surface area contributed by atoms with Crippen molar-refractivity contribution < 1.29 is 23.9 Å². The lowest BCUT2D eigenvalue weighted by molar-refractivity contribution is 0.0687. The Morgan fingerprint density at radius 3 is 1.36 bits per heavy atom. The van der Waals surface area contributed by atoms with Crippen molar-refractivity contribution in [2.75, 3.05) is 0 Å². The van der Waals surface area contributed by atoms with Crippen molar-refractivity contribution in [1.82, 2.24) is 0 Å². The van der Waals surface area contributed by atoms with Crippen molar-refractivity contribution >= 4 is 38.9 Å². The summed E-state index contributed by atoms with van der Waals surface area (Å²) in [5, 5.41) is 20.3. The summed E-state index contributed by atoms with van der Waals surface area (Å²) in [5.41, 5.74) is 0.492. The summed E-state index contributed by atoms with van der Waals surface area (Å²) in [6.07, 6.45) is 0. The van der Waals surface area contributed by atoms with Gasteiger partial charge in [-0.2, -0.15) is 0 Å². The number of benzene rings is 2. The monoisotopic (exact) mass is 374 g/mol. The van der Waals surface area contributed by atoms with Crippen LogP contribution in [0.2, 0.25) is 26.2 Å². The number of rotatable bonds is 6. The molecule has 0 fully saturated rings. The van der Waals surface area contributed by atoms with E-state index in [9.17, 15) is 19.8 Å². The average molecular weight is 375 g/mol. The largest absolute Gasteiger partial charge is 0.478 e. The second-order valence-corrected chi connectivity index (χ2v) is 14.8. The van der Waals surface area contributed by atoms with E-state index >= 15 is 0 Å². The minimum absolute atomic E-state index is 0.246. The Morgan fingerprint density at radius 2 is 1.04 bits per heavy atom. The smallest absolute Gasteiger partial charge is 0.335 e. The first kappa shape index (κ1) is 19.1. The molecule has 0 bridgehead atoms. The van der Waals surface area contributed by atoms with E-state index in [1.807, 2.05) is 26.2 Å². The molecule has 2 rings (SSSR count). The first-order chi connectivity index (χ1) is 11.6. The highest BCUT2D eigenvalue weighted by atomic mass is 28.4. The van der Waals surface area contributed by atoms with Gasteiger partial charge < -0.3 is 14.3 Å². The topological polar surface area (TPSA) is 83.8 Å². The molecule has 0 unspecified atom stereocenters. The molecule has 0 heterocycles. The SMILES string of the molecule is C[Si](C)(O[Si](C)(C)c1ccccc1C(=O)O)c1ccccc1C(=O)O. The van der Waals surface area contributed by atoms with Gasteiger partial charge in [0.2, 0.25) is 16.6 Å². The van der Waals surface area contributed by atoms with Crippen LogP contribution < -0.4 is 10.4 Å². The molecule has 0 aliphatic heterocycles. The van der Waals surface area contributed by atoms with Crippen molar-refractivity contribution in [3.8, 4) is 0 Å². The van der Waals surface area contributed by atoms with Crippen LogP contribution in [-0.4, -0.2) is 38.8 Å². The Bertz CT molecular complexity index is 747. The lowest BCUT2D eigenvalue weighted by Gasteiger charge is -2.35. The average Bonchev–Trinajstić information content (AvgIpc) is 2.54. The molecule has 0 atom stereocenters. The van der Waals surface area contributed by atoms with Gasteiger partial charge in [-0.05, 0) is 48.7 Å². The van der Waals surface area contributed by atoms with Gasteiger partial charge >= 0.3 is 11.9 Å². The van der Waals surface area contributed by atoms with Gasteiger partial charge in [0.15, 0.2) is 0 Å². The van der Waals surface area contributed by atoms with Gasteiger partial charge in [-0.15, -0.1) is 0 Å². The summed E-state index contributed by atoms with van der Waals surface area (Å²) in [6, 6.07) is 13.7. The van der Waals surface area contributed by atoms with Crippen LogP contribution >= 0.6 is 0 Å². The molecular formula is C18H22O5Si2. The summed E-state index contributed by atoms with van der Waals surface area (Å²) >= 11 is 0. The lowest BCUT2D eigenvalue weighted by atomic mass is 10.2. The molecule has 0 saturated carbocycles. The predicted octanol–water partition coefficient (Wildman–Crippen LogP) is 2.62. The highest BCUT2D eigenvalue weighted by Crippen LogP contribution is 2.18. The first-order valence-electron chi connectivity index (χ1n) is 7.92. The predicted molar refractivity (Wildman–Crippen MR) is 102 cm³/mol. The van der Waals surface area contributed by atoms with Crippen LogP contribution in [0.5, 0.6) is 0 Å². The van der Waals surface area contributed by atoms with Crippen LogP contribution in [0.25, 0.3) is 0 Å². The molecule has 2 aromatic carbocycles. The summed E-state index contributed by atoms with van der Waals surface area (Å²) in [4.78, 5) is 23.1. The van der Waals surface area contributed by atoms with Crippen LogP contribution in [0.1, 0.15) is 20.7 Å². The molecule has 0 amide bonds. The maximum Gasteiger partial charge on any atom is 0.335 e. The van der Waals surface area contributed by atoms with E-state index in [2.05, 4.69) is 0 Å². The zero-order valence-corrected chi connectivity index (χ0v) is 16.7. The van der Waals surface area contributed by atoms with Gasteiger partial charge in [-0.3, -0.25) is 0 Å². The van der Waals surface area contributed by atoms with Gasteiger partial charge in [-0.1, -0.05) is 36.4 Å². The van der Waals surface area contributed by atoms with Crippen molar-refractivity contribution in [2.24, 2.45) is 0 Å². The first-order valence-corrected chi connectivity index (χ1v) is 13.7. The number of hydrogen-bond acceptors (Lipinski definition) is 3. The van der Waals surface area contributed by atoms with E-state index in [4.69, 9.17) is 4.12 Å². The zero-order chi connectivity index (χ0) is 18.8. The maximum absolute atomic E-state index is 11.5. The minimum atomic E-state index is -2.57. The Balaban J connectivity index is 2.47. The highest BCUT2D eigenvalue weighted by Gasteiger charge is 2.39. The third kappa shape index (κ3) is 4.06. The number of aromatic carboxylic acids is 2. The Hall–Kier alpha value is -2.23. The van der Waals surface area contributed by atoms with Gasteiger partial charge in [0.1, 0.15) is 0 Å². The fraction of sp³-hybridized carbons (Fsp3) is 0.222. The highest BCUT2D eigenvalue weighted by molar-refractivity contribution is 6.97. The third-order valence-corrected chi connectivity index (χ3v) is 11.7. The second kappa shape index (κ2) is 6.95. The molecule has 0 saturated heterocycles. The molecule has 2 aromatic rings. The lowest BCUT2D eigenvalue weighted by Crippen LogP contribution is -2.59. The number of carboxylic acids is 2. The number of hydrogen-bond donors (Lipinski definition) is 2. The Kier molecular flexibility index (Phi) is 5.31. The summed E-state index contributed by atoms with van der Waals surface area (Å²) < 4.78 is 6.53. The van der Waals surface area contributed by atoms with E-state index in [0.29, 0.717) is 10.4 Å². The number of carbonyl (C=O) groups is 2. The fourth-order valence-electron chi connectivity index (χ4n) is 3.14. The molecular weight excluding hydrogens is 352 g/mol. The Labute approximate surface area is 149 Å². The molecule has 0 aromatic heterocycles.